The van der Waals surface area contributed by atoms with Crippen molar-refractivity contribution in [1.82, 2.24) is 4.98 Å². The number of thiazole rings is 1. The van der Waals surface area contributed by atoms with Gasteiger partial charge in [0, 0.05) is 10.0 Å². The number of rotatable bonds is 3. The molecule has 0 radical (unpaired) electrons. The van der Waals surface area contributed by atoms with Gasteiger partial charge >= 0.3 is 0 Å². The average molecular weight is 299 g/mol. The minimum absolute atomic E-state index is 0.102. The van der Waals surface area contributed by atoms with Crippen molar-refractivity contribution >= 4 is 42.6 Å². The Labute approximate surface area is 108 Å². The van der Waals surface area contributed by atoms with E-state index in [4.69, 9.17) is 0 Å². The Morgan fingerprint density at radius 1 is 1.44 bits per heavy atom. The van der Waals surface area contributed by atoms with Crippen LogP contribution in [-0.4, -0.2) is 10.5 Å². The van der Waals surface area contributed by atoms with Crippen LogP contribution in [0.25, 0.3) is 10.2 Å². The van der Waals surface area contributed by atoms with E-state index >= 15 is 0 Å². The first-order chi connectivity index (χ1) is 7.50. The molecule has 16 heavy (non-hydrogen) atoms. The summed E-state index contributed by atoms with van der Waals surface area (Å²) >= 11 is 5.18. The maximum atomic E-state index is 4.57. The van der Waals surface area contributed by atoms with Crippen LogP contribution < -0.4 is 5.32 Å². The van der Waals surface area contributed by atoms with Gasteiger partial charge in [-0.15, -0.1) is 0 Å². The standard InChI is InChI=1S/C12H15BrN2S/c1-4-12(2,3)15-11-14-9-6-5-8(13)7-10(9)16-11/h5-7H,4H2,1-3H3,(H,14,15). The van der Waals surface area contributed by atoms with Gasteiger partial charge in [-0.1, -0.05) is 34.2 Å². The second-order valence-corrected chi connectivity index (χ2v) is 6.44. The minimum atomic E-state index is 0.102. The van der Waals surface area contributed by atoms with Crippen molar-refractivity contribution in [2.24, 2.45) is 0 Å². The summed E-state index contributed by atoms with van der Waals surface area (Å²) in [6, 6.07) is 6.17. The Bertz CT molecular complexity index is 505. The zero-order valence-corrected chi connectivity index (χ0v) is 12.1. The zero-order chi connectivity index (χ0) is 11.8. The number of anilines is 1. The van der Waals surface area contributed by atoms with E-state index < -0.39 is 0 Å². The van der Waals surface area contributed by atoms with Crippen molar-refractivity contribution in [3.8, 4) is 0 Å². The van der Waals surface area contributed by atoms with Gasteiger partial charge in [-0.3, -0.25) is 0 Å². The molecular formula is C12H15BrN2S. The lowest BCUT2D eigenvalue weighted by atomic mass is 10.0. The van der Waals surface area contributed by atoms with Crippen molar-refractivity contribution < 1.29 is 0 Å². The summed E-state index contributed by atoms with van der Waals surface area (Å²) in [5.41, 5.74) is 1.16. The highest BCUT2D eigenvalue weighted by molar-refractivity contribution is 9.10. The van der Waals surface area contributed by atoms with Crippen LogP contribution in [0.1, 0.15) is 27.2 Å². The summed E-state index contributed by atoms with van der Waals surface area (Å²) in [6.07, 6.45) is 1.08. The molecule has 0 amide bonds. The van der Waals surface area contributed by atoms with Gasteiger partial charge in [0.25, 0.3) is 0 Å². The molecule has 0 atom stereocenters. The second kappa shape index (κ2) is 4.34. The summed E-state index contributed by atoms with van der Waals surface area (Å²) in [6.45, 7) is 6.56. The van der Waals surface area contributed by atoms with Gasteiger partial charge in [0.1, 0.15) is 0 Å². The molecule has 0 aliphatic carbocycles. The highest BCUT2D eigenvalue weighted by Gasteiger charge is 2.16. The third-order valence-corrected chi connectivity index (χ3v) is 4.11. The van der Waals surface area contributed by atoms with Crippen LogP contribution in [0.2, 0.25) is 0 Å². The van der Waals surface area contributed by atoms with E-state index in [-0.39, 0.29) is 5.54 Å². The van der Waals surface area contributed by atoms with E-state index in [9.17, 15) is 0 Å². The molecule has 0 aliphatic heterocycles. The summed E-state index contributed by atoms with van der Waals surface area (Å²) in [7, 11) is 0. The van der Waals surface area contributed by atoms with E-state index in [1.54, 1.807) is 11.3 Å². The quantitative estimate of drug-likeness (QED) is 0.891. The van der Waals surface area contributed by atoms with E-state index in [0.29, 0.717) is 0 Å². The molecule has 0 bridgehead atoms. The molecular weight excluding hydrogens is 284 g/mol. The Hall–Kier alpha value is -0.610. The molecule has 0 fully saturated rings. The van der Waals surface area contributed by atoms with Gasteiger partial charge in [0.2, 0.25) is 0 Å². The molecule has 4 heteroatoms. The van der Waals surface area contributed by atoms with E-state index in [1.807, 2.05) is 12.1 Å². The first kappa shape index (κ1) is 11.9. The van der Waals surface area contributed by atoms with Crippen molar-refractivity contribution in [2.75, 3.05) is 5.32 Å². The molecule has 1 aromatic heterocycles. The molecule has 86 valence electrons. The number of nitrogens with zero attached hydrogens (tertiary/aromatic N) is 1. The van der Waals surface area contributed by atoms with Gasteiger partial charge in [0.05, 0.1) is 10.2 Å². The minimum Gasteiger partial charge on any atom is -0.357 e. The lowest BCUT2D eigenvalue weighted by Gasteiger charge is -2.23. The molecule has 2 nitrogen and oxygen atoms in total. The van der Waals surface area contributed by atoms with Crippen LogP contribution in [-0.2, 0) is 0 Å². The van der Waals surface area contributed by atoms with E-state index in [0.717, 1.165) is 21.5 Å². The molecule has 0 saturated heterocycles. The Balaban J connectivity index is 2.33. The number of halogens is 1. The number of fused-ring (bicyclic) bond motifs is 1. The van der Waals surface area contributed by atoms with Gasteiger partial charge in [0.15, 0.2) is 5.13 Å². The SMILES string of the molecule is CCC(C)(C)Nc1nc2ccc(Br)cc2s1. The fourth-order valence-electron chi connectivity index (χ4n) is 1.33. The average Bonchev–Trinajstić information content (AvgIpc) is 2.58. The zero-order valence-electron chi connectivity index (χ0n) is 9.67. The molecule has 0 aliphatic rings. The highest BCUT2D eigenvalue weighted by atomic mass is 79.9. The summed E-state index contributed by atoms with van der Waals surface area (Å²) < 4.78 is 2.31. The molecule has 1 heterocycles. The fraction of sp³-hybridized carbons (Fsp3) is 0.417. The topological polar surface area (TPSA) is 24.9 Å². The second-order valence-electron chi connectivity index (χ2n) is 4.49. The fourth-order valence-corrected chi connectivity index (χ4v) is 2.93. The van der Waals surface area contributed by atoms with E-state index in [2.05, 4.69) is 53.1 Å². The predicted molar refractivity (Wildman–Crippen MR) is 75.3 cm³/mol. The number of nitrogens with one attached hydrogen (secondary N) is 1. The van der Waals surface area contributed by atoms with Crippen LogP contribution in [0.3, 0.4) is 0 Å². The molecule has 0 saturated carbocycles. The predicted octanol–water partition coefficient (Wildman–Crippen LogP) is 4.66. The molecule has 1 N–H and O–H groups in total. The third-order valence-electron chi connectivity index (χ3n) is 2.68. The van der Waals surface area contributed by atoms with Crippen LogP contribution in [0.4, 0.5) is 5.13 Å². The van der Waals surface area contributed by atoms with Crippen LogP contribution in [0.15, 0.2) is 22.7 Å². The number of hydrogen-bond donors (Lipinski definition) is 1. The Kier molecular flexibility index (Phi) is 3.22. The molecule has 2 rings (SSSR count). The highest BCUT2D eigenvalue weighted by Crippen LogP contribution is 2.30. The molecule has 2 aromatic rings. The van der Waals surface area contributed by atoms with Crippen molar-refractivity contribution in [1.29, 1.82) is 0 Å². The van der Waals surface area contributed by atoms with Crippen LogP contribution in [0.5, 0.6) is 0 Å². The number of hydrogen-bond acceptors (Lipinski definition) is 3. The van der Waals surface area contributed by atoms with E-state index in [1.165, 1.54) is 4.70 Å². The largest absolute Gasteiger partial charge is 0.357 e. The van der Waals surface area contributed by atoms with Crippen molar-refractivity contribution in [3.05, 3.63) is 22.7 Å². The van der Waals surface area contributed by atoms with Gasteiger partial charge in [-0.2, -0.15) is 0 Å². The van der Waals surface area contributed by atoms with Gasteiger partial charge in [-0.05, 0) is 38.5 Å². The smallest absolute Gasteiger partial charge is 0.184 e. The molecule has 0 spiro atoms. The first-order valence-corrected chi connectivity index (χ1v) is 6.95. The lowest BCUT2D eigenvalue weighted by molar-refractivity contribution is 0.547. The summed E-state index contributed by atoms with van der Waals surface area (Å²) in [5.74, 6) is 0. The van der Waals surface area contributed by atoms with Crippen LogP contribution in [0, 0.1) is 0 Å². The first-order valence-electron chi connectivity index (χ1n) is 5.34. The Morgan fingerprint density at radius 2 is 2.19 bits per heavy atom. The normalized spacial score (nSPS) is 12.0. The monoisotopic (exact) mass is 298 g/mol. The maximum Gasteiger partial charge on any atom is 0.184 e. The van der Waals surface area contributed by atoms with Crippen LogP contribution >= 0.6 is 27.3 Å². The van der Waals surface area contributed by atoms with Gasteiger partial charge in [-0.25, -0.2) is 4.98 Å². The Morgan fingerprint density at radius 3 is 2.88 bits per heavy atom. The third kappa shape index (κ3) is 2.55. The summed E-state index contributed by atoms with van der Waals surface area (Å²) in [4.78, 5) is 4.57. The number of benzene rings is 1. The molecule has 1 aromatic carbocycles. The van der Waals surface area contributed by atoms with Crippen molar-refractivity contribution in [3.63, 3.8) is 0 Å². The maximum absolute atomic E-state index is 4.57. The van der Waals surface area contributed by atoms with Gasteiger partial charge < -0.3 is 5.32 Å². The summed E-state index contributed by atoms with van der Waals surface area (Å²) in [5, 5.41) is 4.47. The lowest BCUT2D eigenvalue weighted by Crippen LogP contribution is -2.29. The molecule has 0 unspecified atom stereocenters. The number of aromatic nitrogens is 1. The van der Waals surface area contributed by atoms with Crippen molar-refractivity contribution in [2.45, 2.75) is 32.7 Å².